The lowest BCUT2D eigenvalue weighted by atomic mass is 10.2. The van der Waals surface area contributed by atoms with Crippen molar-refractivity contribution in [3.63, 3.8) is 0 Å². The Morgan fingerprint density at radius 3 is 3.00 bits per heavy atom. The number of hydrogen-bond donors (Lipinski definition) is 1. The van der Waals surface area contributed by atoms with E-state index in [4.69, 9.17) is 4.74 Å². The molecule has 152 valence electrons. The monoisotopic (exact) mass is 410 g/mol. The van der Waals surface area contributed by atoms with Gasteiger partial charge in [0.25, 0.3) is 0 Å². The van der Waals surface area contributed by atoms with Crippen LogP contribution >= 0.6 is 11.3 Å². The SMILES string of the molecule is CC(C)c1nc2ccc(NC(=O)N(Cc3cccnc3)CC3CCCO3)cc2s1. The van der Waals surface area contributed by atoms with E-state index in [0.717, 1.165) is 45.9 Å². The molecule has 0 saturated carbocycles. The van der Waals surface area contributed by atoms with Crippen LogP contribution in [0, 0.1) is 0 Å². The molecule has 3 aromatic rings. The molecule has 6 nitrogen and oxygen atoms in total. The second-order valence-electron chi connectivity index (χ2n) is 7.70. The second-order valence-corrected chi connectivity index (χ2v) is 8.76. The van der Waals surface area contributed by atoms with E-state index in [1.807, 2.05) is 35.2 Å². The fourth-order valence-corrected chi connectivity index (χ4v) is 4.44. The first kappa shape index (κ1) is 19.8. The van der Waals surface area contributed by atoms with Crippen molar-refractivity contribution in [2.75, 3.05) is 18.5 Å². The van der Waals surface area contributed by atoms with E-state index in [9.17, 15) is 4.79 Å². The van der Waals surface area contributed by atoms with E-state index < -0.39 is 0 Å². The predicted octanol–water partition coefficient (Wildman–Crippen LogP) is 5.03. The Bertz CT molecular complexity index is 967. The quantitative estimate of drug-likeness (QED) is 0.619. The Morgan fingerprint density at radius 2 is 2.28 bits per heavy atom. The third-order valence-corrected chi connectivity index (χ3v) is 6.30. The number of urea groups is 1. The standard InChI is InChI=1S/C22H26N4O2S/c1-15(2)21-25-19-8-7-17(11-20(19)29-21)24-22(27)26(14-18-6-4-10-28-18)13-16-5-3-9-23-12-16/h3,5,7-9,11-12,15,18H,4,6,10,13-14H2,1-2H3,(H,24,27). The van der Waals surface area contributed by atoms with Crippen molar-refractivity contribution in [2.24, 2.45) is 0 Å². The van der Waals surface area contributed by atoms with Crippen LogP contribution in [0.3, 0.4) is 0 Å². The van der Waals surface area contributed by atoms with Gasteiger partial charge in [-0.2, -0.15) is 0 Å². The number of anilines is 1. The smallest absolute Gasteiger partial charge is 0.322 e. The highest BCUT2D eigenvalue weighted by atomic mass is 32.1. The molecule has 1 unspecified atom stereocenters. The topological polar surface area (TPSA) is 67.4 Å². The van der Waals surface area contributed by atoms with Gasteiger partial charge in [-0.15, -0.1) is 11.3 Å². The summed E-state index contributed by atoms with van der Waals surface area (Å²) in [7, 11) is 0. The van der Waals surface area contributed by atoms with Gasteiger partial charge in [0.15, 0.2) is 0 Å². The zero-order valence-corrected chi connectivity index (χ0v) is 17.6. The van der Waals surface area contributed by atoms with Gasteiger partial charge in [-0.1, -0.05) is 19.9 Å². The van der Waals surface area contributed by atoms with Crippen molar-refractivity contribution in [2.45, 2.75) is 45.3 Å². The third kappa shape index (κ3) is 4.92. The number of rotatable bonds is 6. The van der Waals surface area contributed by atoms with Crippen LogP contribution < -0.4 is 5.32 Å². The maximum Gasteiger partial charge on any atom is 0.322 e. The van der Waals surface area contributed by atoms with Gasteiger partial charge < -0.3 is 15.0 Å². The number of carbonyl (C=O) groups is 1. The Labute approximate surface area is 174 Å². The van der Waals surface area contributed by atoms with Gasteiger partial charge in [0, 0.05) is 43.7 Å². The molecule has 1 atom stereocenters. The zero-order valence-electron chi connectivity index (χ0n) is 16.8. The van der Waals surface area contributed by atoms with Crippen LogP contribution in [-0.4, -0.2) is 40.2 Å². The van der Waals surface area contributed by atoms with Crippen LogP contribution in [0.2, 0.25) is 0 Å². The molecule has 0 radical (unpaired) electrons. The maximum atomic E-state index is 13.1. The summed E-state index contributed by atoms with van der Waals surface area (Å²) in [6.45, 7) is 6.12. The number of fused-ring (bicyclic) bond motifs is 1. The molecular weight excluding hydrogens is 384 g/mol. The molecule has 0 spiro atoms. The number of thiazole rings is 1. The number of amides is 2. The summed E-state index contributed by atoms with van der Waals surface area (Å²) in [6.07, 6.45) is 5.67. The molecule has 2 aromatic heterocycles. The van der Waals surface area contributed by atoms with E-state index in [-0.39, 0.29) is 12.1 Å². The first-order valence-corrected chi connectivity index (χ1v) is 10.9. The molecule has 1 saturated heterocycles. The highest BCUT2D eigenvalue weighted by molar-refractivity contribution is 7.18. The number of aromatic nitrogens is 2. The van der Waals surface area contributed by atoms with Crippen molar-refractivity contribution in [3.8, 4) is 0 Å². The van der Waals surface area contributed by atoms with Gasteiger partial charge in [-0.3, -0.25) is 4.98 Å². The highest BCUT2D eigenvalue weighted by Gasteiger charge is 2.23. The molecule has 29 heavy (non-hydrogen) atoms. The molecule has 1 aliphatic heterocycles. The Balaban J connectivity index is 1.50. The number of benzene rings is 1. The van der Waals surface area contributed by atoms with E-state index >= 15 is 0 Å². The minimum absolute atomic E-state index is 0.0926. The number of hydrogen-bond acceptors (Lipinski definition) is 5. The summed E-state index contributed by atoms with van der Waals surface area (Å²) in [5.74, 6) is 0.395. The molecule has 1 aliphatic rings. The van der Waals surface area contributed by atoms with Gasteiger partial charge >= 0.3 is 6.03 Å². The van der Waals surface area contributed by atoms with Crippen LogP contribution in [0.25, 0.3) is 10.2 Å². The molecular formula is C22H26N4O2S. The molecule has 4 rings (SSSR count). The zero-order chi connectivity index (χ0) is 20.2. The number of ether oxygens (including phenoxy) is 1. The van der Waals surface area contributed by atoms with E-state index in [1.54, 1.807) is 23.7 Å². The molecule has 1 aromatic carbocycles. The maximum absolute atomic E-state index is 13.1. The minimum atomic E-state index is -0.127. The van der Waals surface area contributed by atoms with Gasteiger partial charge in [0.2, 0.25) is 0 Å². The van der Waals surface area contributed by atoms with Crippen molar-refractivity contribution in [1.82, 2.24) is 14.9 Å². The Morgan fingerprint density at radius 1 is 1.38 bits per heavy atom. The fraction of sp³-hybridized carbons (Fsp3) is 0.409. The number of nitrogens with zero attached hydrogens (tertiary/aromatic N) is 3. The highest BCUT2D eigenvalue weighted by Crippen LogP contribution is 2.29. The molecule has 3 heterocycles. The van der Waals surface area contributed by atoms with E-state index in [2.05, 4.69) is 29.1 Å². The summed E-state index contributed by atoms with van der Waals surface area (Å²) in [4.78, 5) is 23.7. The minimum Gasteiger partial charge on any atom is -0.376 e. The van der Waals surface area contributed by atoms with Crippen LogP contribution in [0.15, 0.2) is 42.7 Å². The van der Waals surface area contributed by atoms with Gasteiger partial charge in [0.05, 0.1) is 21.3 Å². The molecule has 0 bridgehead atoms. The lowest BCUT2D eigenvalue weighted by molar-refractivity contribution is 0.0819. The molecule has 2 amide bonds. The lowest BCUT2D eigenvalue weighted by Crippen LogP contribution is -2.39. The van der Waals surface area contributed by atoms with Crippen molar-refractivity contribution >= 4 is 33.3 Å². The first-order valence-electron chi connectivity index (χ1n) is 10.1. The fourth-order valence-electron chi connectivity index (χ4n) is 3.44. The summed E-state index contributed by atoms with van der Waals surface area (Å²) >= 11 is 1.68. The second kappa shape index (κ2) is 8.88. The number of carbonyl (C=O) groups excluding carboxylic acids is 1. The molecule has 7 heteroatoms. The Hall–Kier alpha value is -2.51. The van der Waals surface area contributed by atoms with Gasteiger partial charge in [-0.25, -0.2) is 9.78 Å². The normalized spacial score (nSPS) is 16.4. The van der Waals surface area contributed by atoms with Gasteiger partial charge in [0.1, 0.15) is 0 Å². The molecule has 1 N–H and O–H groups in total. The summed E-state index contributed by atoms with van der Waals surface area (Å²) < 4.78 is 6.85. The van der Waals surface area contributed by atoms with E-state index in [0.29, 0.717) is 19.0 Å². The van der Waals surface area contributed by atoms with E-state index in [1.165, 1.54) is 0 Å². The van der Waals surface area contributed by atoms with Crippen LogP contribution in [0.5, 0.6) is 0 Å². The Kier molecular flexibility index (Phi) is 6.06. The molecule has 0 aliphatic carbocycles. The summed E-state index contributed by atoms with van der Waals surface area (Å²) in [5, 5.41) is 4.17. The van der Waals surface area contributed by atoms with Crippen LogP contribution in [0.1, 0.15) is 43.2 Å². The van der Waals surface area contributed by atoms with Crippen molar-refractivity contribution in [1.29, 1.82) is 0 Å². The first-order chi connectivity index (χ1) is 14.1. The molecule has 1 fully saturated rings. The lowest BCUT2D eigenvalue weighted by Gasteiger charge is -2.25. The summed E-state index contributed by atoms with van der Waals surface area (Å²) in [6, 6.07) is 9.64. The van der Waals surface area contributed by atoms with Crippen LogP contribution in [0.4, 0.5) is 10.5 Å². The van der Waals surface area contributed by atoms with Crippen molar-refractivity contribution < 1.29 is 9.53 Å². The van der Waals surface area contributed by atoms with Crippen molar-refractivity contribution in [3.05, 3.63) is 53.3 Å². The number of nitrogens with one attached hydrogen (secondary N) is 1. The average Bonchev–Trinajstić information content (AvgIpc) is 3.37. The van der Waals surface area contributed by atoms with Gasteiger partial charge in [-0.05, 0) is 42.7 Å². The average molecular weight is 411 g/mol. The summed E-state index contributed by atoms with van der Waals surface area (Å²) in [5.41, 5.74) is 2.76. The largest absolute Gasteiger partial charge is 0.376 e. The number of pyridine rings is 1. The predicted molar refractivity (Wildman–Crippen MR) is 116 cm³/mol. The van der Waals surface area contributed by atoms with Crippen LogP contribution in [-0.2, 0) is 11.3 Å². The third-order valence-electron chi connectivity index (χ3n) is 4.98.